The molecule has 2 aromatic heterocycles. The molecule has 2 aromatic rings. The van der Waals surface area contributed by atoms with Gasteiger partial charge in [-0.15, -0.1) is 11.3 Å². The maximum atomic E-state index is 11.1. The first kappa shape index (κ1) is 12.4. The molecular formula is C11H15N5OS. The SMILES string of the molecule is Cc1nn(C)cc1CNc1cc(N)c(C(N)=O)s1. The van der Waals surface area contributed by atoms with Crippen molar-refractivity contribution in [3.8, 4) is 0 Å². The van der Waals surface area contributed by atoms with Gasteiger partial charge in [0.15, 0.2) is 0 Å². The number of hydrogen-bond acceptors (Lipinski definition) is 5. The Balaban J connectivity index is 2.09. The lowest BCUT2D eigenvalue weighted by molar-refractivity contribution is 0.100. The molecule has 0 saturated carbocycles. The van der Waals surface area contributed by atoms with E-state index in [1.165, 1.54) is 11.3 Å². The summed E-state index contributed by atoms with van der Waals surface area (Å²) in [5.74, 6) is -0.497. The molecule has 7 heteroatoms. The van der Waals surface area contributed by atoms with Gasteiger partial charge in [-0.1, -0.05) is 0 Å². The quantitative estimate of drug-likeness (QED) is 0.770. The summed E-state index contributed by atoms with van der Waals surface area (Å²) in [4.78, 5) is 11.5. The summed E-state index contributed by atoms with van der Waals surface area (Å²) in [6, 6.07) is 1.72. The molecule has 1 amide bonds. The molecule has 5 N–H and O–H groups in total. The van der Waals surface area contributed by atoms with Crippen molar-refractivity contribution in [2.45, 2.75) is 13.5 Å². The molecule has 0 unspecified atom stereocenters. The Kier molecular flexibility index (Phi) is 3.24. The molecular weight excluding hydrogens is 250 g/mol. The minimum absolute atomic E-state index is 0.389. The summed E-state index contributed by atoms with van der Waals surface area (Å²) in [6.07, 6.45) is 1.95. The zero-order valence-electron chi connectivity index (χ0n) is 10.2. The Morgan fingerprint density at radius 2 is 2.33 bits per heavy atom. The second-order valence-electron chi connectivity index (χ2n) is 4.03. The van der Waals surface area contributed by atoms with E-state index in [-0.39, 0.29) is 0 Å². The Morgan fingerprint density at radius 3 is 2.83 bits per heavy atom. The standard InChI is InChI=1S/C11H15N5OS/c1-6-7(5-16(2)15-6)4-14-9-3-8(12)10(18-9)11(13)17/h3,5,14H,4,12H2,1-2H3,(H2,13,17). The summed E-state index contributed by atoms with van der Waals surface area (Å²) >= 11 is 1.26. The molecule has 0 saturated heterocycles. The Hall–Kier alpha value is -2.02. The van der Waals surface area contributed by atoms with Crippen LogP contribution in [0.2, 0.25) is 0 Å². The van der Waals surface area contributed by atoms with Crippen LogP contribution in [0.3, 0.4) is 0 Å². The molecule has 2 rings (SSSR count). The molecule has 2 heterocycles. The zero-order chi connectivity index (χ0) is 13.3. The number of aromatic nitrogens is 2. The third kappa shape index (κ3) is 2.45. The van der Waals surface area contributed by atoms with Gasteiger partial charge in [-0.3, -0.25) is 9.48 Å². The number of rotatable bonds is 4. The largest absolute Gasteiger partial charge is 0.397 e. The normalized spacial score (nSPS) is 10.6. The number of primary amides is 1. The van der Waals surface area contributed by atoms with E-state index in [1.807, 2.05) is 20.2 Å². The molecule has 0 aliphatic carbocycles. The number of hydrogen-bond donors (Lipinski definition) is 3. The molecule has 0 radical (unpaired) electrons. The third-order valence-electron chi connectivity index (χ3n) is 2.55. The van der Waals surface area contributed by atoms with Crippen LogP contribution in [0.1, 0.15) is 20.9 Å². The van der Waals surface area contributed by atoms with Gasteiger partial charge in [0, 0.05) is 25.4 Å². The van der Waals surface area contributed by atoms with Gasteiger partial charge in [-0.05, 0) is 13.0 Å². The van der Waals surface area contributed by atoms with E-state index >= 15 is 0 Å². The number of nitrogens with two attached hydrogens (primary N) is 2. The highest BCUT2D eigenvalue weighted by molar-refractivity contribution is 7.18. The van der Waals surface area contributed by atoms with Crippen molar-refractivity contribution < 1.29 is 4.79 Å². The number of nitrogens with zero attached hydrogens (tertiary/aromatic N) is 2. The van der Waals surface area contributed by atoms with Gasteiger partial charge in [0.2, 0.25) is 0 Å². The number of carbonyl (C=O) groups is 1. The van der Waals surface area contributed by atoms with Crippen molar-refractivity contribution in [3.05, 3.63) is 28.4 Å². The fourth-order valence-corrected chi connectivity index (χ4v) is 2.52. The van der Waals surface area contributed by atoms with Crippen molar-refractivity contribution in [2.75, 3.05) is 11.1 Å². The van der Waals surface area contributed by atoms with E-state index in [4.69, 9.17) is 11.5 Å². The van der Waals surface area contributed by atoms with Gasteiger partial charge in [0.1, 0.15) is 4.88 Å². The Morgan fingerprint density at radius 1 is 1.61 bits per heavy atom. The van der Waals surface area contributed by atoms with Gasteiger partial charge in [0.25, 0.3) is 5.91 Å². The van der Waals surface area contributed by atoms with Crippen LogP contribution in [0, 0.1) is 6.92 Å². The molecule has 0 bridgehead atoms. The fraction of sp³-hybridized carbons (Fsp3) is 0.273. The lowest BCUT2D eigenvalue weighted by Crippen LogP contribution is -2.10. The summed E-state index contributed by atoms with van der Waals surface area (Å²) in [7, 11) is 1.88. The summed E-state index contributed by atoms with van der Waals surface area (Å²) in [5, 5.41) is 8.29. The highest BCUT2D eigenvalue weighted by Crippen LogP contribution is 2.29. The lowest BCUT2D eigenvalue weighted by atomic mass is 10.2. The molecule has 0 aromatic carbocycles. The number of carbonyl (C=O) groups excluding carboxylic acids is 1. The van der Waals surface area contributed by atoms with Crippen molar-refractivity contribution >= 4 is 27.9 Å². The second kappa shape index (κ2) is 4.69. The van der Waals surface area contributed by atoms with Crippen LogP contribution in [0.5, 0.6) is 0 Å². The molecule has 18 heavy (non-hydrogen) atoms. The minimum atomic E-state index is -0.497. The molecule has 0 atom stereocenters. The van der Waals surface area contributed by atoms with E-state index in [9.17, 15) is 4.79 Å². The first-order valence-electron chi connectivity index (χ1n) is 5.39. The van der Waals surface area contributed by atoms with Crippen LogP contribution in [-0.2, 0) is 13.6 Å². The molecule has 6 nitrogen and oxygen atoms in total. The second-order valence-corrected chi connectivity index (χ2v) is 5.08. The van der Waals surface area contributed by atoms with Crippen LogP contribution in [0.15, 0.2) is 12.3 Å². The number of anilines is 2. The molecule has 0 fully saturated rings. The van der Waals surface area contributed by atoms with E-state index in [0.29, 0.717) is 17.1 Å². The maximum Gasteiger partial charge on any atom is 0.260 e. The maximum absolute atomic E-state index is 11.1. The topological polar surface area (TPSA) is 99.0 Å². The van der Waals surface area contributed by atoms with Crippen molar-refractivity contribution in [1.82, 2.24) is 9.78 Å². The summed E-state index contributed by atoms with van der Waals surface area (Å²) in [5.41, 5.74) is 13.4. The predicted molar refractivity (Wildman–Crippen MR) is 72.5 cm³/mol. The zero-order valence-corrected chi connectivity index (χ0v) is 11.0. The van der Waals surface area contributed by atoms with Gasteiger partial charge in [0.05, 0.1) is 16.4 Å². The number of thiophene rings is 1. The highest BCUT2D eigenvalue weighted by Gasteiger charge is 2.11. The summed E-state index contributed by atoms with van der Waals surface area (Å²) in [6.45, 7) is 2.59. The van der Waals surface area contributed by atoms with E-state index in [2.05, 4.69) is 10.4 Å². The Labute approximate surface area is 109 Å². The van der Waals surface area contributed by atoms with Gasteiger partial charge in [-0.25, -0.2) is 0 Å². The van der Waals surface area contributed by atoms with Gasteiger partial charge >= 0.3 is 0 Å². The molecule has 0 aliphatic rings. The van der Waals surface area contributed by atoms with Crippen LogP contribution in [0.4, 0.5) is 10.7 Å². The average molecular weight is 265 g/mol. The molecule has 0 aliphatic heterocycles. The van der Waals surface area contributed by atoms with Crippen LogP contribution < -0.4 is 16.8 Å². The van der Waals surface area contributed by atoms with Crippen molar-refractivity contribution in [1.29, 1.82) is 0 Å². The lowest BCUT2D eigenvalue weighted by Gasteiger charge is -2.01. The van der Waals surface area contributed by atoms with E-state index < -0.39 is 5.91 Å². The number of aryl methyl sites for hydroxylation is 2. The molecule has 0 spiro atoms. The number of nitrogens with one attached hydrogen (secondary N) is 1. The number of nitrogen functional groups attached to an aromatic ring is 1. The smallest absolute Gasteiger partial charge is 0.260 e. The highest BCUT2D eigenvalue weighted by atomic mass is 32.1. The summed E-state index contributed by atoms with van der Waals surface area (Å²) < 4.78 is 1.77. The predicted octanol–water partition coefficient (Wildman–Crippen LogP) is 1.08. The van der Waals surface area contributed by atoms with Crippen LogP contribution in [-0.4, -0.2) is 15.7 Å². The first-order chi connectivity index (χ1) is 8.47. The van der Waals surface area contributed by atoms with Gasteiger partial charge < -0.3 is 16.8 Å². The van der Waals surface area contributed by atoms with Crippen LogP contribution >= 0.6 is 11.3 Å². The molecule has 96 valence electrons. The minimum Gasteiger partial charge on any atom is -0.397 e. The van der Waals surface area contributed by atoms with Crippen LogP contribution in [0.25, 0.3) is 0 Å². The van der Waals surface area contributed by atoms with Gasteiger partial charge in [-0.2, -0.15) is 5.10 Å². The Bertz CT molecular complexity index is 586. The monoisotopic (exact) mass is 265 g/mol. The fourth-order valence-electron chi connectivity index (χ4n) is 1.69. The third-order valence-corrected chi connectivity index (χ3v) is 3.68. The van der Waals surface area contributed by atoms with E-state index in [0.717, 1.165) is 16.3 Å². The van der Waals surface area contributed by atoms with Crippen molar-refractivity contribution in [2.24, 2.45) is 12.8 Å². The number of amides is 1. The average Bonchev–Trinajstić information content (AvgIpc) is 2.79. The van der Waals surface area contributed by atoms with E-state index in [1.54, 1.807) is 10.7 Å². The first-order valence-corrected chi connectivity index (χ1v) is 6.21. The van der Waals surface area contributed by atoms with Crippen molar-refractivity contribution in [3.63, 3.8) is 0 Å².